The standard InChI is InChI=1S/C30H37NO10/c1-7-21-8-10-22(11-9-21)14-23-12-13-24(31-6)15-25(23)40-30-29(39-20(5)35)28(38-19(4)34)27(37-18(3)33)26(41-30)16-36-17(2)32/h8-13,15,26-31H,7,14,16H2,1-6H3/t26-,27-,28+,29-,30-/m1/s1. The van der Waals surface area contributed by atoms with Crippen molar-refractivity contribution in [3.05, 3.63) is 59.2 Å². The fraction of sp³-hybridized carbons (Fsp3) is 0.467. The van der Waals surface area contributed by atoms with Gasteiger partial charge in [0.2, 0.25) is 12.4 Å². The van der Waals surface area contributed by atoms with Crippen LogP contribution in [0.1, 0.15) is 51.3 Å². The van der Waals surface area contributed by atoms with Crippen molar-refractivity contribution >= 4 is 29.6 Å². The van der Waals surface area contributed by atoms with Crippen LogP contribution in [0.25, 0.3) is 0 Å². The number of esters is 4. The highest BCUT2D eigenvalue weighted by atomic mass is 16.7. The summed E-state index contributed by atoms with van der Waals surface area (Å²) in [5, 5.41) is 3.07. The Balaban J connectivity index is 2.04. The number of carbonyl (C=O) groups is 4. The van der Waals surface area contributed by atoms with Crippen molar-refractivity contribution < 1.29 is 47.6 Å². The number of anilines is 1. The van der Waals surface area contributed by atoms with E-state index in [1.807, 2.05) is 24.3 Å². The van der Waals surface area contributed by atoms with Crippen LogP contribution in [0.15, 0.2) is 42.5 Å². The summed E-state index contributed by atoms with van der Waals surface area (Å²) in [6, 6.07) is 13.8. The first-order valence-corrected chi connectivity index (χ1v) is 13.4. The fourth-order valence-electron chi connectivity index (χ4n) is 4.49. The van der Waals surface area contributed by atoms with Gasteiger partial charge in [-0.3, -0.25) is 19.2 Å². The highest BCUT2D eigenvalue weighted by Gasteiger charge is 2.53. The van der Waals surface area contributed by atoms with Gasteiger partial charge in [-0.1, -0.05) is 37.3 Å². The van der Waals surface area contributed by atoms with Crippen molar-refractivity contribution in [3.8, 4) is 5.75 Å². The van der Waals surface area contributed by atoms with Crippen LogP contribution >= 0.6 is 0 Å². The monoisotopic (exact) mass is 571 g/mol. The number of aryl methyl sites for hydroxylation is 1. The molecule has 1 aliphatic heterocycles. The average Bonchev–Trinajstić information content (AvgIpc) is 2.91. The van der Waals surface area contributed by atoms with Gasteiger partial charge < -0.3 is 33.7 Å². The molecule has 1 heterocycles. The Morgan fingerprint density at radius 2 is 1.37 bits per heavy atom. The lowest BCUT2D eigenvalue weighted by atomic mass is 9.97. The summed E-state index contributed by atoms with van der Waals surface area (Å²) in [4.78, 5) is 47.9. The zero-order valence-electron chi connectivity index (χ0n) is 24.1. The van der Waals surface area contributed by atoms with Gasteiger partial charge in [-0.25, -0.2) is 0 Å². The number of ether oxygens (including phenoxy) is 6. The highest BCUT2D eigenvalue weighted by Crippen LogP contribution is 2.34. The molecule has 0 bridgehead atoms. The summed E-state index contributed by atoms with van der Waals surface area (Å²) in [6.07, 6.45) is -4.91. The summed E-state index contributed by atoms with van der Waals surface area (Å²) in [5.41, 5.74) is 3.82. The largest absolute Gasteiger partial charge is 0.463 e. The van der Waals surface area contributed by atoms with Gasteiger partial charge in [0.25, 0.3) is 0 Å². The first-order chi connectivity index (χ1) is 19.5. The number of nitrogens with one attached hydrogen (secondary N) is 1. The van der Waals surface area contributed by atoms with E-state index >= 15 is 0 Å². The second-order valence-electron chi connectivity index (χ2n) is 9.60. The number of benzene rings is 2. The topological polar surface area (TPSA) is 136 Å². The van der Waals surface area contributed by atoms with Crippen molar-refractivity contribution in [1.82, 2.24) is 0 Å². The van der Waals surface area contributed by atoms with Crippen LogP contribution in [0.4, 0.5) is 5.69 Å². The molecule has 1 aliphatic rings. The molecule has 11 nitrogen and oxygen atoms in total. The molecule has 0 saturated carbocycles. The van der Waals surface area contributed by atoms with E-state index in [0.717, 1.165) is 23.2 Å². The van der Waals surface area contributed by atoms with E-state index in [-0.39, 0.29) is 6.61 Å². The van der Waals surface area contributed by atoms with Gasteiger partial charge in [-0.2, -0.15) is 0 Å². The van der Waals surface area contributed by atoms with Crippen LogP contribution in [-0.4, -0.2) is 68.2 Å². The number of hydrogen-bond acceptors (Lipinski definition) is 11. The molecule has 222 valence electrons. The van der Waals surface area contributed by atoms with Gasteiger partial charge >= 0.3 is 23.9 Å². The number of rotatable bonds is 11. The molecule has 2 aromatic carbocycles. The molecule has 0 radical (unpaired) electrons. The zero-order valence-corrected chi connectivity index (χ0v) is 24.1. The third kappa shape index (κ3) is 8.94. The maximum atomic E-state index is 12.2. The molecule has 0 aliphatic carbocycles. The van der Waals surface area contributed by atoms with Crippen molar-refractivity contribution in [1.29, 1.82) is 0 Å². The van der Waals surface area contributed by atoms with Gasteiger partial charge in [0.1, 0.15) is 18.5 Å². The molecular weight excluding hydrogens is 534 g/mol. The lowest BCUT2D eigenvalue weighted by molar-refractivity contribution is -0.288. The second-order valence-corrected chi connectivity index (χ2v) is 9.60. The molecule has 11 heteroatoms. The minimum atomic E-state index is -1.33. The fourth-order valence-corrected chi connectivity index (χ4v) is 4.49. The Morgan fingerprint density at radius 3 is 1.93 bits per heavy atom. The molecule has 1 saturated heterocycles. The minimum Gasteiger partial charge on any atom is -0.463 e. The summed E-state index contributed by atoms with van der Waals surface area (Å²) in [5.74, 6) is -2.31. The van der Waals surface area contributed by atoms with Crippen LogP contribution < -0.4 is 10.1 Å². The van der Waals surface area contributed by atoms with Gasteiger partial charge in [-0.15, -0.1) is 0 Å². The van der Waals surface area contributed by atoms with E-state index in [1.165, 1.54) is 33.3 Å². The molecular formula is C30H37NO10. The predicted octanol–water partition coefficient (Wildman–Crippen LogP) is 3.34. The SMILES string of the molecule is CCc1ccc(Cc2ccc(NC)cc2O[C@@H]2O[C@H](COC(C)=O)[C@@H](OC(C)=O)[C@H](OC(C)=O)[C@H]2OC(C)=O)cc1. The third-order valence-electron chi connectivity index (χ3n) is 6.37. The molecule has 3 rings (SSSR count). The first-order valence-electron chi connectivity index (χ1n) is 13.4. The van der Waals surface area contributed by atoms with Crippen molar-refractivity contribution in [2.45, 2.75) is 78.2 Å². The lowest BCUT2D eigenvalue weighted by Gasteiger charge is -2.44. The molecule has 0 amide bonds. The van der Waals surface area contributed by atoms with Gasteiger partial charge in [0.15, 0.2) is 12.2 Å². The lowest BCUT2D eigenvalue weighted by Crippen LogP contribution is -2.63. The van der Waals surface area contributed by atoms with Crippen LogP contribution in [0.3, 0.4) is 0 Å². The molecule has 0 aromatic heterocycles. The Bertz CT molecular complexity index is 1230. The highest BCUT2D eigenvalue weighted by molar-refractivity contribution is 5.68. The molecule has 1 N–H and O–H groups in total. The van der Waals surface area contributed by atoms with Crippen molar-refractivity contribution in [3.63, 3.8) is 0 Å². The van der Waals surface area contributed by atoms with E-state index in [0.29, 0.717) is 12.2 Å². The number of carbonyl (C=O) groups excluding carboxylic acids is 4. The Hall–Kier alpha value is -4.12. The minimum absolute atomic E-state index is 0.342. The van der Waals surface area contributed by atoms with Crippen molar-refractivity contribution in [2.75, 3.05) is 19.0 Å². The summed E-state index contributed by atoms with van der Waals surface area (Å²) in [7, 11) is 1.76. The zero-order chi connectivity index (χ0) is 30.1. The Morgan fingerprint density at radius 1 is 0.780 bits per heavy atom. The molecule has 0 spiro atoms. The maximum absolute atomic E-state index is 12.2. The van der Waals surface area contributed by atoms with E-state index in [1.54, 1.807) is 13.1 Å². The van der Waals surface area contributed by atoms with Gasteiger partial charge in [0.05, 0.1) is 0 Å². The number of hydrogen-bond donors (Lipinski definition) is 1. The van der Waals surface area contributed by atoms with E-state index in [9.17, 15) is 19.2 Å². The molecule has 2 aromatic rings. The second kappa shape index (κ2) is 14.5. The Kier molecular flexibility index (Phi) is 11.1. The van der Waals surface area contributed by atoms with Crippen molar-refractivity contribution in [2.24, 2.45) is 0 Å². The van der Waals surface area contributed by atoms with E-state index in [4.69, 9.17) is 28.4 Å². The van der Waals surface area contributed by atoms with Crippen LogP contribution in [-0.2, 0) is 55.7 Å². The maximum Gasteiger partial charge on any atom is 0.303 e. The summed E-state index contributed by atoms with van der Waals surface area (Å²) >= 11 is 0. The summed E-state index contributed by atoms with van der Waals surface area (Å²) in [6.45, 7) is 6.47. The molecule has 1 fully saturated rings. The van der Waals surface area contributed by atoms with Crippen LogP contribution in [0.5, 0.6) is 5.75 Å². The first kappa shape index (κ1) is 31.4. The van der Waals surface area contributed by atoms with Crippen LogP contribution in [0.2, 0.25) is 0 Å². The predicted molar refractivity (Wildman–Crippen MR) is 147 cm³/mol. The van der Waals surface area contributed by atoms with Gasteiger partial charge in [-0.05, 0) is 29.2 Å². The molecule has 5 atom stereocenters. The molecule has 41 heavy (non-hydrogen) atoms. The van der Waals surface area contributed by atoms with Gasteiger partial charge in [0, 0.05) is 52.9 Å². The normalized spacial score (nSPS) is 21.8. The quantitative estimate of drug-likeness (QED) is 0.314. The summed E-state index contributed by atoms with van der Waals surface area (Å²) < 4.78 is 34.1. The smallest absolute Gasteiger partial charge is 0.303 e. The third-order valence-corrected chi connectivity index (χ3v) is 6.37. The average molecular weight is 572 g/mol. The van der Waals surface area contributed by atoms with E-state index in [2.05, 4.69) is 24.4 Å². The van der Waals surface area contributed by atoms with E-state index < -0.39 is 54.6 Å². The van der Waals surface area contributed by atoms with Crippen LogP contribution in [0, 0.1) is 0 Å². The molecule has 0 unspecified atom stereocenters. The Labute approximate surface area is 239 Å².